The van der Waals surface area contributed by atoms with E-state index in [-0.39, 0.29) is 29.8 Å². The molecule has 1 aromatic carbocycles. The number of halogens is 1. The molecule has 0 aliphatic carbocycles. The second-order valence-electron chi connectivity index (χ2n) is 2.88. The van der Waals surface area contributed by atoms with Gasteiger partial charge in [-0.2, -0.15) is 0 Å². The van der Waals surface area contributed by atoms with E-state index in [1.165, 1.54) is 12.1 Å². The van der Waals surface area contributed by atoms with Crippen molar-refractivity contribution in [2.75, 3.05) is 6.54 Å². The Morgan fingerprint density at radius 1 is 1.31 bits per heavy atom. The quantitative estimate of drug-likeness (QED) is 0.640. The predicted octanol–water partition coefficient (Wildman–Crippen LogP) is 1.58. The van der Waals surface area contributed by atoms with Gasteiger partial charge in [-0.3, -0.25) is 0 Å². The average molecular weight is 204 g/mol. The first kappa shape index (κ1) is 12.1. The van der Waals surface area contributed by atoms with Gasteiger partial charge in [0.25, 0.3) is 0 Å². The number of rotatable bonds is 2. The Hall–Kier alpha value is -0.930. The average Bonchev–Trinajstić information content (AvgIpc) is 2.08. The zero-order chi connectivity index (χ0) is 9.14. The molecule has 1 aromatic rings. The number of hydrogen-bond donors (Lipinski definition) is 3. The molecule has 4 N–H and O–H groups in total. The van der Waals surface area contributed by atoms with E-state index in [4.69, 9.17) is 15.9 Å². The molecule has 1 unspecified atom stereocenters. The lowest BCUT2D eigenvalue weighted by molar-refractivity contribution is 0.403. The maximum atomic E-state index is 9.15. The predicted molar refractivity (Wildman–Crippen MR) is 54.5 cm³/mol. The van der Waals surface area contributed by atoms with E-state index in [9.17, 15) is 0 Å². The van der Waals surface area contributed by atoms with Crippen molar-refractivity contribution in [2.45, 2.75) is 12.8 Å². The molecule has 0 spiro atoms. The second kappa shape index (κ2) is 4.94. The summed E-state index contributed by atoms with van der Waals surface area (Å²) in [5.41, 5.74) is 6.39. The van der Waals surface area contributed by atoms with E-state index in [2.05, 4.69) is 0 Å². The van der Waals surface area contributed by atoms with Crippen LogP contribution in [-0.4, -0.2) is 16.8 Å². The smallest absolute Gasteiger partial charge is 0.157 e. The third-order valence-corrected chi connectivity index (χ3v) is 1.92. The van der Waals surface area contributed by atoms with Crippen molar-refractivity contribution in [3.8, 4) is 11.5 Å². The monoisotopic (exact) mass is 203 g/mol. The van der Waals surface area contributed by atoms with Crippen LogP contribution in [0.25, 0.3) is 0 Å². The molecule has 0 saturated heterocycles. The van der Waals surface area contributed by atoms with Gasteiger partial charge in [0.1, 0.15) is 0 Å². The lowest BCUT2D eigenvalue weighted by Crippen LogP contribution is -2.08. The minimum absolute atomic E-state index is 0. The normalized spacial score (nSPS) is 11.8. The fourth-order valence-electron chi connectivity index (χ4n) is 0.983. The fraction of sp³-hybridized carbons (Fsp3) is 0.333. The Morgan fingerprint density at radius 2 is 1.92 bits per heavy atom. The topological polar surface area (TPSA) is 66.5 Å². The van der Waals surface area contributed by atoms with E-state index in [0.717, 1.165) is 5.56 Å². The first-order chi connectivity index (χ1) is 5.65. The maximum Gasteiger partial charge on any atom is 0.157 e. The highest BCUT2D eigenvalue weighted by Gasteiger charge is 2.05. The van der Waals surface area contributed by atoms with Crippen molar-refractivity contribution in [3.63, 3.8) is 0 Å². The molecule has 3 nitrogen and oxygen atoms in total. The highest BCUT2D eigenvalue weighted by molar-refractivity contribution is 5.85. The summed E-state index contributed by atoms with van der Waals surface area (Å²) in [7, 11) is 0. The highest BCUT2D eigenvalue weighted by Crippen LogP contribution is 2.27. The number of hydrogen-bond acceptors (Lipinski definition) is 3. The number of aromatic hydroxyl groups is 2. The number of benzene rings is 1. The third-order valence-electron chi connectivity index (χ3n) is 1.92. The van der Waals surface area contributed by atoms with Crippen molar-refractivity contribution in [3.05, 3.63) is 23.8 Å². The van der Waals surface area contributed by atoms with Crippen LogP contribution in [0.1, 0.15) is 18.4 Å². The molecule has 0 heterocycles. The molecular weight excluding hydrogens is 190 g/mol. The van der Waals surface area contributed by atoms with Crippen molar-refractivity contribution in [1.29, 1.82) is 0 Å². The van der Waals surface area contributed by atoms with Gasteiger partial charge in [0.2, 0.25) is 0 Å². The minimum Gasteiger partial charge on any atom is -0.504 e. The standard InChI is InChI=1S/C9H13NO2.ClH/c1-6(5-10)7-2-3-8(11)9(12)4-7;/h2-4,6,11-12H,5,10H2,1H3;1H. The summed E-state index contributed by atoms with van der Waals surface area (Å²) in [5, 5.41) is 18.2. The molecule has 0 saturated carbocycles. The molecule has 0 aliphatic rings. The molecule has 0 fully saturated rings. The van der Waals surface area contributed by atoms with Gasteiger partial charge in [0.15, 0.2) is 11.5 Å². The van der Waals surface area contributed by atoms with Gasteiger partial charge in [0.05, 0.1) is 0 Å². The van der Waals surface area contributed by atoms with E-state index in [0.29, 0.717) is 6.54 Å². The van der Waals surface area contributed by atoms with Crippen molar-refractivity contribution >= 4 is 12.4 Å². The Kier molecular flexibility index (Phi) is 4.59. The summed E-state index contributed by atoms with van der Waals surface area (Å²) in [6.45, 7) is 2.50. The Bertz CT molecular complexity index is 278. The highest BCUT2D eigenvalue weighted by atomic mass is 35.5. The Labute approximate surface area is 83.6 Å². The van der Waals surface area contributed by atoms with Crippen LogP contribution >= 0.6 is 12.4 Å². The Balaban J connectivity index is 0.00000144. The zero-order valence-corrected chi connectivity index (χ0v) is 8.21. The molecule has 74 valence electrons. The van der Waals surface area contributed by atoms with Crippen LogP contribution in [-0.2, 0) is 0 Å². The third kappa shape index (κ3) is 2.79. The van der Waals surface area contributed by atoms with Crippen LogP contribution in [0, 0.1) is 0 Å². The summed E-state index contributed by atoms with van der Waals surface area (Å²) in [4.78, 5) is 0. The van der Waals surface area contributed by atoms with Crippen LogP contribution in [0.3, 0.4) is 0 Å². The first-order valence-corrected chi connectivity index (χ1v) is 3.87. The van der Waals surface area contributed by atoms with Gasteiger partial charge < -0.3 is 15.9 Å². The lowest BCUT2D eigenvalue weighted by Gasteiger charge is -2.09. The lowest BCUT2D eigenvalue weighted by atomic mass is 10.0. The van der Waals surface area contributed by atoms with Gasteiger partial charge in [0, 0.05) is 0 Å². The fourth-order valence-corrected chi connectivity index (χ4v) is 0.983. The van der Waals surface area contributed by atoms with Crippen molar-refractivity contribution in [1.82, 2.24) is 0 Å². The van der Waals surface area contributed by atoms with Gasteiger partial charge >= 0.3 is 0 Å². The molecule has 0 bridgehead atoms. The molecule has 0 amide bonds. The van der Waals surface area contributed by atoms with Crippen LogP contribution < -0.4 is 5.73 Å². The summed E-state index contributed by atoms with van der Waals surface area (Å²) in [6.07, 6.45) is 0. The summed E-state index contributed by atoms with van der Waals surface area (Å²) < 4.78 is 0. The van der Waals surface area contributed by atoms with Gasteiger partial charge in [-0.1, -0.05) is 13.0 Å². The minimum atomic E-state index is -0.0945. The van der Waals surface area contributed by atoms with Crippen LogP contribution in [0.4, 0.5) is 0 Å². The summed E-state index contributed by atoms with van der Waals surface area (Å²) in [5.74, 6) is 0.0206. The largest absolute Gasteiger partial charge is 0.504 e. The van der Waals surface area contributed by atoms with Gasteiger partial charge in [-0.15, -0.1) is 12.4 Å². The van der Waals surface area contributed by atoms with Crippen LogP contribution in [0.2, 0.25) is 0 Å². The zero-order valence-electron chi connectivity index (χ0n) is 7.40. The number of nitrogens with two attached hydrogens (primary N) is 1. The van der Waals surface area contributed by atoms with Crippen LogP contribution in [0.5, 0.6) is 11.5 Å². The van der Waals surface area contributed by atoms with Gasteiger partial charge in [-0.05, 0) is 30.2 Å². The number of phenols is 2. The van der Waals surface area contributed by atoms with Crippen LogP contribution in [0.15, 0.2) is 18.2 Å². The first-order valence-electron chi connectivity index (χ1n) is 3.87. The molecule has 0 aliphatic heterocycles. The number of phenolic OH excluding ortho intramolecular Hbond substituents is 2. The molecular formula is C9H14ClNO2. The molecule has 1 rings (SSSR count). The molecule has 0 aromatic heterocycles. The van der Waals surface area contributed by atoms with E-state index in [1.54, 1.807) is 6.07 Å². The van der Waals surface area contributed by atoms with E-state index in [1.807, 2.05) is 6.92 Å². The van der Waals surface area contributed by atoms with E-state index >= 15 is 0 Å². The summed E-state index contributed by atoms with van der Waals surface area (Å²) in [6, 6.07) is 4.76. The molecule has 4 heteroatoms. The van der Waals surface area contributed by atoms with Crippen molar-refractivity contribution in [2.24, 2.45) is 5.73 Å². The van der Waals surface area contributed by atoms with Gasteiger partial charge in [-0.25, -0.2) is 0 Å². The summed E-state index contributed by atoms with van der Waals surface area (Å²) >= 11 is 0. The molecule has 0 radical (unpaired) electrons. The molecule has 13 heavy (non-hydrogen) atoms. The van der Waals surface area contributed by atoms with Crippen molar-refractivity contribution < 1.29 is 10.2 Å². The Morgan fingerprint density at radius 3 is 2.38 bits per heavy atom. The second-order valence-corrected chi connectivity index (χ2v) is 2.88. The molecule has 1 atom stereocenters. The maximum absolute atomic E-state index is 9.15. The van der Waals surface area contributed by atoms with E-state index < -0.39 is 0 Å². The SMILES string of the molecule is CC(CN)c1ccc(O)c(O)c1.Cl.